The highest BCUT2D eigenvalue weighted by atomic mass is 16.6. The number of aromatic amines is 1. The SMILES string of the molecule is CN(C(=O)OC(C)(C)C)[C@@H]1CCCN(C(=O)[C@@H]2CCc3n[nH]nc3C2)C1. The third-order valence-electron chi connectivity index (χ3n) is 5.16. The van der Waals surface area contributed by atoms with Crippen molar-refractivity contribution in [1.82, 2.24) is 25.2 Å². The zero-order valence-corrected chi connectivity index (χ0v) is 16.1. The molecule has 1 aromatic heterocycles. The number of carbonyl (C=O) groups excluding carboxylic acids is 2. The van der Waals surface area contributed by atoms with E-state index in [0.717, 1.165) is 43.6 Å². The molecule has 26 heavy (non-hydrogen) atoms. The quantitative estimate of drug-likeness (QED) is 0.865. The van der Waals surface area contributed by atoms with Crippen molar-refractivity contribution in [3.8, 4) is 0 Å². The van der Waals surface area contributed by atoms with Crippen LogP contribution >= 0.6 is 0 Å². The Morgan fingerprint density at radius 2 is 1.96 bits per heavy atom. The van der Waals surface area contributed by atoms with Crippen molar-refractivity contribution in [2.75, 3.05) is 20.1 Å². The molecule has 8 heteroatoms. The van der Waals surface area contributed by atoms with E-state index in [2.05, 4.69) is 15.4 Å². The Morgan fingerprint density at radius 3 is 2.69 bits per heavy atom. The number of rotatable bonds is 2. The minimum Gasteiger partial charge on any atom is -0.444 e. The van der Waals surface area contributed by atoms with E-state index in [-0.39, 0.29) is 24.0 Å². The third-order valence-corrected chi connectivity index (χ3v) is 5.16. The maximum atomic E-state index is 13.0. The fourth-order valence-electron chi connectivity index (χ4n) is 3.71. The van der Waals surface area contributed by atoms with Gasteiger partial charge in [0.15, 0.2) is 0 Å². The van der Waals surface area contributed by atoms with E-state index in [1.165, 1.54) is 0 Å². The Labute approximate surface area is 154 Å². The summed E-state index contributed by atoms with van der Waals surface area (Å²) < 4.78 is 5.46. The standard InChI is InChI=1S/C18H29N5O3/c1-18(2,3)26-17(25)22(4)13-6-5-9-23(11-13)16(24)12-7-8-14-15(10-12)20-21-19-14/h12-13H,5-11H2,1-4H3,(H,19,20,21)/t12-,13-/m1/s1. The van der Waals surface area contributed by atoms with Gasteiger partial charge in [0.1, 0.15) is 5.60 Å². The van der Waals surface area contributed by atoms with Gasteiger partial charge in [-0.2, -0.15) is 15.4 Å². The molecular weight excluding hydrogens is 334 g/mol. The monoisotopic (exact) mass is 363 g/mol. The third kappa shape index (κ3) is 4.16. The zero-order valence-electron chi connectivity index (χ0n) is 16.1. The summed E-state index contributed by atoms with van der Waals surface area (Å²) in [6.45, 7) is 6.89. The molecule has 1 aliphatic heterocycles. The first-order valence-corrected chi connectivity index (χ1v) is 9.37. The summed E-state index contributed by atoms with van der Waals surface area (Å²) in [5.41, 5.74) is 1.37. The lowest BCUT2D eigenvalue weighted by molar-refractivity contribution is -0.138. The van der Waals surface area contributed by atoms with Crippen LogP contribution in [0.15, 0.2) is 0 Å². The molecule has 2 atom stereocenters. The average Bonchev–Trinajstić information content (AvgIpc) is 3.06. The number of amides is 2. The van der Waals surface area contributed by atoms with Gasteiger partial charge >= 0.3 is 6.09 Å². The van der Waals surface area contributed by atoms with Crippen molar-refractivity contribution >= 4 is 12.0 Å². The molecule has 2 heterocycles. The minimum absolute atomic E-state index is 0.00579. The molecule has 0 aromatic carbocycles. The van der Waals surface area contributed by atoms with Gasteiger partial charge in [0.2, 0.25) is 5.91 Å². The molecule has 3 rings (SSSR count). The Kier molecular flexibility index (Phi) is 5.20. The molecule has 0 saturated carbocycles. The van der Waals surface area contributed by atoms with Crippen LogP contribution in [-0.4, -0.2) is 69.0 Å². The molecule has 1 saturated heterocycles. The Bertz CT molecular complexity index is 666. The predicted octanol–water partition coefficient (Wildman–Crippen LogP) is 1.77. The van der Waals surface area contributed by atoms with Crippen LogP contribution in [-0.2, 0) is 22.4 Å². The number of H-pyrrole nitrogens is 1. The van der Waals surface area contributed by atoms with E-state index in [0.29, 0.717) is 13.0 Å². The van der Waals surface area contributed by atoms with Crippen LogP contribution in [0.2, 0.25) is 0 Å². The number of fused-ring (bicyclic) bond motifs is 1. The van der Waals surface area contributed by atoms with Crippen LogP contribution in [0.5, 0.6) is 0 Å². The van der Waals surface area contributed by atoms with Crippen molar-refractivity contribution in [3.05, 3.63) is 11.4 Å². The van der Waals surface area contributed by atoms with Crippen LogP contribution in [0, 0.1) is 5.92 Å². The number of aryl methyl sites for hydroxylation is 1. The summed E-state index contributed by atoms with van der Waals surface area (Å²) in [6, 6.07) is -0.00579. The maximum absolute atomic E-state index is 13.0. The average molecular weight is 363 g/mol. The molecule has 0 unspecified atom stereocenters. The van der Waals surface area contributed by atoms with Crippen LogP contribution in [0.1, 0.15) is 51.4 Å². The number of carbonyl (C=O) groups is 2. The second kappa shape index (κ2) is 7.25. The van der Waals surface area contributed by atoms with Crippen molar-refractivity contribution in [1.29, 1.82) is 0 Å². The summed E-state index contributed by atoms with van der Waals surface area (Å²) in [5, 5.41) is 10.9. The van der Waals surface area contributed by atoms with Gasteiger partial charge < -0.3 is 14.5 Å². The Hall–Kier alpha value is -2.12. The van der Waals surface area contributed by atoms with Gasteiger partial charge in [0.25, 0.3) is 0 Å². The molecule has 144 valence electrons. The van der Waals surface area contributed by atoms with E-state index in [4.69, 9.17) is 4.74 Å². The van der Waals surface area contributed by atoms with Gasteiger partial charge in [0.05, 0.1) is 17.4 Å². The molecule has 8 nitrogen and oxygen atoms in total. The van der Waals surface area contributed by atoms with E-state index in [1.54, 1.807) is 11.9 Å². The number of likely N-dealkylation sites (tertiary alicyclic amines) is 1. The lowest BCUT2D eigenvalue weighted by Gasteiger charge is -2.39. The normalized spacial score (nSPS) is 23.3. The summed E-state index contributed by atoms with van der Waals surface area (Å²) in [7, 11) is 1.76. The van der Waals surface area contributed by atoms with Crippen molar-refractivity contribution in [2.45, 2.75) is 64.5 Å². The van der Waals surface area contributed by atoms with Crippen LogP contribution in [0.25, 0.3) is 0 Å². The molecule has 0 bridgehead atoms. The van der Waals surface area contributed by atoms with Gasteiger partial charge in [-0.05, 0) is 46.5 Å². The van der Waals surface area contributed by atoms with Gasteiger partial charge in [-0.3, -0.25) is 4.79 Å². The van der Waals surface area contributed by atoms with Crippen LogP contribution in [0.4, 0.5) is 4.79 Å². The number of piperidine rings is 1. The fourth-order valence-corrected chi connectivity index (χ4v) is 3.71. The summed E-state index contributed by atoms with van der Waals surface area (Å²) in [6.07, 6.45) is 3.69. The van der Waals surface area contributed by atoms with E-state index < -0.39 is 5.60 Å². The van der Waals surface area contributed by atoms with E-state index in [9.17, 15) is 9.59 Å². The molecule has 1 aromatic rings. The zero-order chi connectivity index (χ0) is 18.9. The highest BCUT2D eigenvalue weighted by molar-refractivity contribution is 5.79. The minimum atomic E-state index is -0.521. The van der Waals surface area contributed by atoms with Gasteiger partial charge in [-0.15, -0.1) is 0 Å². The maximum Gasteiger partial charge on any atom is 0.410 e. The number of hydrogen-bond acceptors (Lipinski definition) is 5. The van der Waals surface area contributed by atoms with E-state index in [1.807, 2.05) is 25.7 Å². The smallest absolute Gasteiger partial charge is 0.410 e. The first-order chi connectivity index (χ1) is 12.2. The Balaban J connectivity index is 1.59. The van der Waals surface area contributed by atoms with Gasteiger partial charge in [0, 0.05) is 32.5 Å². The molecule has 1 fully saturated rings. The largest absolute Gasteiger partial charge is 0.444 e. The second-order valence-corrected chi connectivity index (χ2v) is 8.33. The number of aromatic nitrogens is 3. The highest BCUT2D eigenvalue weighted by Crippen LogP contribution is 2.26. The highest BCUT2D eigenvalue weighted by Gasteiger charge is 2.35. The molecule has 2 aliphatic rings. The molecule has 0 radical (unpaired) electrons. The lowest BCUT2D eigenvalue weighted by atomic mass is 9.88. The summed E-state index contributed by atoms with van der Waals surface area (Å²) in [5.74, 6) is 0.124. The molecule has 1 aliphatic carbocycles. The number of nitrogens with one attached hydrogen (secondary N) is 1. The first kappa shape index (κ1) is 18.7. The summed E-state index contributed by atoms with van der Waals surface area (Å²) >= 11 is 0. The van der Waals surface area contributed by atoms with Crippen LogP contribution in [0.3, 0.4) is 0 Å². The molecular formula is C18H29N5O3. The summed E-state index contributed by atoms with van der Waals surface area (Å²) in [4.78, 5) is 28.9. The van der Waals surface area contributed by atoms with Gasteiger partial charge in [-0.1, -0.05) is 0 Å². The number of hydrogen-bond donors (Lipinski definition) is 1. The number of nitrogens with zero attached hydrogens (tertiary/aromatic N) is 4. The topological polar surface area (TPSA) is 91.4 Å². The van der Waals surface area contributed by atoms with Crippen molar-refractivity contribution < 1.29 is 14.3 Å². The molecule has 0 spiro atoms. The molecule has 2 amide bonds. The van der Waals surface area contributed by atoms with Crippen molar-refractivity contribution in [3.63, 3.8) is 0 Å². The number of ether oxygens (including phenoxy) is 1. The second-order valence-electron chi connectivity index (χ2n) is 8.33. The fraction of sp³-hybridized carbons (Fsp3) is 0.778. The Morgan fingerprint density at radius 1 is 1.23 bits per heavy atom. The van der Waals surface area contributed by atoms with Crippen LogP contribution < -0.4 is 0 Å². The van der Waals surface area contributed by atoms with Crippen molar-refractivity contribution in [2.24, 2.45) is 5.92 Å². The molecule has 1 N–H and O–H groups in total. The van der Waals surface area contributed by atoms with E-state index >= 15 is 0 Å². The predicted molar refractivity (Wildman–Crippen MR) is 95.5 cm³/mol. The number of likely N-dealkylation sites (N-methyl/N-ethyl adjacent to an activating group) is 1. The van der Waals surface area contributed by atoms with Gasteiger partial charge in [-0.25, -0.2) is 4.79 Å². The lowest BCUT2D eigenvalue weighted by Crippen LogP contribution is -2.52. The first-order valence-electron chi connectivity index (χ1n) is 9.37.